The highest BCUT2D eigenvalue weighted by Crippen LogP contribution is 2.24. The molecule has 2 N–H and O–H groups in total. The van der Waals surface area contributed by atoms with Gasteiger partial charge < -0.3 is 4.74 Å². The van der Waals surface area contributed by atoms with E-state index in [9.17, 15) is 9.59 Å². The number of hydrazine groups is 1. The summed E-state index contributed by atoms with van der Waals surface area (Å²) in [6.07, 6.45) is 0. The zero-order valence-electron chi connectivity index (χ0n) is 15.6. The number of nitrogens with one attached hydrogen (secondary N) is 2. The Kier molecular flexibility index (Phi) is 6.41. The Labute approximate surface area is 164 Å². The number of benzene rings is 3. The van der Waals surface area contributed by atoms with Gasteiger partial charge >= 0.3 is 0 Å². The van der Waals surface area contributed by atoms with E-state index < -0.39 is 11.8 Å². The van der Waals surface area contributed by atoms with Crippen molar-refractivity contribution < 1.29 is 14.3 Å². The van der Waals surface area contributed by atoms with Crippen LogP contribution in [0.4, 0.5) is 0 Å². The topological polar surface area (TPSA) is 67.4 Å². The molecule has 28 heavy (non-hydrogen) atoms. The van der Waals surface area contributed by atoms with E-state index in [2.05, 4.69) is 10.9 Å². The lowest BCUT2D eigenvalue weighted by Gasteiger charge is -2.18. The summed E-state index contributed by atoms with van der Waals surface area (Å²) in [6.45, 7) is 1.78. The second-order valence-electron chi connectivity index (χ2n) is 6.39. The molecule has 0 aliphatic heterocycles. The number of carbonyl (C=O) groups is 2. The fraction of sp³-hybridized carbons (Fsp3) is 0.130. The van der Waals surface area contributed by atoms with Crippen LogP contribution < -0.4 is 15.6 Å². The first-order valence-electron chi connectivity index (χ1n) is 9.01. The van der Waals surface area contributed by atoms with E-state index in [0.717, 1.165) is 16.7 Å². The molecule has 0 aliphatic rings. The lowest BCUT2D eigenvalue weighted by atomic mass is 9.91. The standard InChI is InChI=1S/C23H22N2O3/c1-17-12-14-20(15-13-17)28-16-21(26)24-25-23(27)22(18-8-4-2-5-9-18)19-10-6-3-7-11-19/h2-15,22H,16H2,1H3,(H,24,26)(H,25,27). The number of ether oxygens (including phenoxy) is 1. The number of amides is 2. The van der Waals surface area contributed by atoms with Crippen LogP contribution in [0.2, 0.25) is 0 Å². The molecule has 5 nitrogen and oxygen atoms in total. The quantitative estimate of drug-likeness (QED) is 0.650. The van der Waals surface area contributed by atoms with Gasteiger partial charge in [-0.1, -0.05) is 78.4 Å². The molecule has 0 heterocycles. The third-order valence-electron chi connectivity index (χ3n) is 4.24. The number of hydrogen-bond donors (Lipinski definition) is 2. The summed E-state index contributed by atoms with van der Waals surface area (Å²) >= 11 is 0. The van der Waals surface area contributed by atoms with E-state index >= 15 is 0 Å². The Morgan fingerprint density at radius 2 is 1.32 bits per heavy atom. The van der Waals surface area contributed by atoms with Crippen molar-refractivity contribution in [3.05, 3.63) is 102 Å². The van der Waals surface area contributed by atoms with Crippen LogP contribution in [0.15, 0.2) is 84.9 Å². The van der Waals surface area contributed by atoms with E-state index in [4.69, 9.17) is 4.74 Å². The number of hydrogen-bond acceptors (Lipinski definition) is 3. The molecule has 0 aliphatic carbocycles. The molecule has 3 aromatic carbocycles. The molecule has 142 valence electrons. The van der Waals surface area contributed by atoms with Crippen molar-refractivity contribution in [3.8, 4) is 5.75 Å². The fourth-order valence-corrected chi connectivity index (χ4v) is 2.81. The monoisotopic (exact) mass is 374 g/mol. The van der Waals surface area contributed by atoms with Crippen LogP contribution in [0.1, 0.15) is 22.6 Å². The first-order chi connectivity index (χ1) is 13.6. The fourth-order valence-electron chi connectivity index (χ4n) is 2.81. The molecule has 0 aromatic heterocycles. The minimum atomic E-state index is -0.527. The summed E-state index contributed by atoms with van der Waals surface area (Å²) in [6, 6.07) is 26.3. The Morgan fingerprint density at radius 3 is 1.86 bits per heavy atom. The lowest BCUT2D eigenvalue weighted by Crippen LogP contribution is -2.46. The summed E-state index contributed by atoms with van der Waals surface area (Å²) in [4.78, 5) is 24.8. The molecular formula is C23H22N2O3. The molecule has 3 rings (SSSR count). The molecule has 3 aromatic rings. The van der Waals surface area contributed by atoms with Gasteiger partial charge in [0.15, 0.2) is 6.61 Å². The van der Waals surface area contributed by atoms with Crippen LogP contribution in [0.3, 0.4) is 0 Å². The Morgan fingerprint density at radius 1 is 0.786 bits per heavy atom. The predicted octanol–water partition coefficient (Wildman–Crippen LogP) is 3.35. The molecule has 0 fully saturated rings. The summed E-state index contributed by atoms with van der Waals surface area (Å²) in [5.41, 5.74) is 7.72. The largest absolute Gasteiger partial charge is 0.484 e. The molecule has 0 radical (unpaired) electrons. The molecule has 2 amide bonds. The van der Waals surface area contributed by atoms with Crippen molar-refractivity contribution in [2.45, 2.75) is 12.8 Å². The van der Waals surface area contributed by atoms with Gasteiger partial charge in [-0.2, -0.15) is 0 Å². The number of carbonyl (C=O) groups excluding carboxylic acids is 2. The lowest BCUT2D eigenvalue weighted by molar-refractivity contribution is -0.130. The number of rotatable bonds is 6. The zero-order chi connectivity index (χ0) is 19.8. The second kappa shape index (κ2) is 9.37. The van der Waals surface area contributed by atoms with E-state index in [-0.39, 0.29) is 12.5 Å². The highest BCUT2D eigenvalue weighted by molar-refractivity contribution is 5.89. The van der Waals surface area contributed by atoms with Gasteiger partial charge in [-0.3, -0.25) is 20.4 Å². The van der Waals surface area contributed by atoms with Crippen LogP contribution in [0.25, 0.3) is 0 Å². The summed E-state index contributed by atoms with van der Waals surface area (Å²) in [5, 5.41) is 0. The molecule has 0 spiro atoms. The molecule has 0 saturated heterocycles. The van der Waals surface area contributed by atoms with Gasteiger partial charge in [-0.05, 0) is 30.2 Å². The average Bonchev–Trinajstić information content (AvgIpc) is 2.73. The van der Waals surface area contributed by atoms with Crippen LogP contribution in [-0.4, -0.2) is 18.4 Å². The van der Waals surface area contributed by atoms with Gasteiger partial charge in [0.2, 0.25) is 5.91 Å². The van der Waals surface area contributed by atoms with Crippen LogP contribution >= 0.6 is 0 Å². The Bertz CT molecular complexity index is 870. The summed E-state index contributed by atoms with van der Waals surface area (Å²) in [7, 11) is 0. The van der Waals surface area contributed by atoms with E-state index in [0.29, 0.717) is 5.75 Å². The Balaban J connectivity index is 1.60. The first-order valence-corrected chi connectivity index (χ1v) is 9.01. The summed E-state index contributed by atoms with van der Waals surface area (Å²) < 4.78 is 5.42. The molecule has 0 saturated carbocycles. The van der Waals surface area contributed by atoms with E-state index in [1.165, 1.54) is 0 Å². The maximum Gasteiger partial charge on any atom is 0.276 e. The minimum Gasteiger partial charge on any atom is -0.484 e. The van der Waals surface area contributed by atoms with Gasteiger partial charge in [0, 0.05) is 0 Å². The van der Waals surface area contributed by atoms with Crippen molar-refractivity contribution in [2.24, 2.45) is 0 Å². The summed E-state index contributed by atoms with van der Waals surface area (Å²) in [5.74, 6) is -0.686. The van der Waals surface area contributed by atoms with Crippen molar-refractivity contribution in [2.75, 3.05) is 6.61 Å². The zero-order valence-corrected chi connectivity index (χ0v) is 15.6. The highest BCUT2D eigenvalue weighted by atomic mass is 16.5. The SMILES string of the molecule is Cc1ccc(OCC(=O)NNC(=O)C(c2ccccc2)c2ccccc2)cc1. The van der Waals surface area contributed by atoms with Crippen molar-refractivity contribution >= 4 is 11.8 Å². The van der Waals surface area contributed by atoms with Gasteiger partial charge in [0.05, 0.1) is 5.92 Å². The van der Waals surface area contributed by atoms with Gasteiger partial charge in [0.1, 0.15) is 5.75 Å². The third kappa shape index (κ3) is 5.20. The van der Waals surface area contributed by atoms with Crippen molar-refractivity contribution in [1.29, 1.82) is 0 Å². The van der Waals surface area contributed by atoms with Gasteiger partial charge in [-0.25, -0.2) is 0 Å². The van der Waals surface area contributed by atoms with Crippen molar-refractivity contribution in [1.82, 2.24) is 10.9 Å². The third-order valence-corrected chi connectivity index (χ3v) is 4.24. The minimum absolute atomic E-state index is 0.190. The first kappa shape index (κ1) is 19.2. The molecule has 0 atom stereocenters. The van der Waals surface area contributed by atoms with E-state index in [1.807, 2.05) is 79.7 Å². The smallest absolute Gasteiger partial charge is 0.276 e. The Hall–Kier alpha value is -3.60. The molecule has 0 bridgehead atoms. The van der Waals surface area contributed by atoms with Crippen LogP contribution in [-0.2, 0) is 9.59 Å². The average molecular weight is 374 g/mol. The highest BCUT2D eigenvalue weighted by Gasteiger charge is 2.22. The van der Waals surface area contributed by atoms with Crippen LogP contribution in [0, 0.1) is 6.92 Å². The van der Waals surface area contributed by atoms with Crippen LogP contribution in [0.5, 0.6) is 5.75 Å². The van der Waals surface area contributed by atoms with Gasteiger partial charge in [0.25, 0.3) is 5.91 Å². The number of aryl methyl sites for hydroxylation is 1. The normalized spacial score (nSPS) is 10.4. The predicted molar refractivity (Wildman–Crippen MR) is 108 cm³/mol. The van der Waals surface area contributed by atoms with Crippen molar-refractivity contribution in [3.63, 3.8) is 0 Å². The maximum atomic E-state index is 12.8. The maximum absolute atomic E-state index is 12.8. The van der Waals surface area contributed by atoms with Gasteiger partial charge in [-0.15, -0.1) is 0 Å². The van der Waals surface area contributed by atoms with E-state index in [1.54, 1.807) is 12.1 Å². The second-order valence-corrected chi connectivity index (χ2v) is 6.39. The molecular weight excluding hydrogens is 352 g/mol. The molecule has 5 heteroatoms. The molecule has 0 unspecified atom stereocenters.